The molecule has 0 aliphatic carbocycles. The van der Waals surface area contributed by atoms with E-state index in [2.05, 4.69) is 10.3 Å². The summed E-state index contributed by atoms with van der Waals surface area (Å²) < 4.78 is 0. The van der Waals surface area contributed by atoms with Crippen molar-refractivity contribution in [2.75, 3.05) is 5.32 Å². The number of aromatic hydroxyl groups is 1. The second kappa shape index (κ2) is 5.27. The lowest BCUT2D eigenvalue weighted by Crippen LogP contribution is -2.08. The molecule has 0 bridgehead atoms. The summed E-state index contributed by atoms with van der Waals surface area (Å²) in [5, 5.41) is 13.6. The van der Waals surface area contributed by atoms with E-state index in [4.69, 9.17) is 11.6 Å². The fourth-order valence-corrected chi connectivity index (χ4v) is 1.97. The zero-order valence-electron chi connectivity index (χ0n) is 10.3. The van der Waals surface area contributed by atoms with Gasteiger partial charge >= 0.3 is 0 Å². The van der Waals surface area contributed by atoms with Crippen LogP contribution in [0.1, 0.15) is 24.1 Å². The van der Waals surface area contributed by atoms with Crippen molar-refractivity contribution in [3.63, 3.8) is 0 Å². The van der Waals surface area contributed by atoms with Gasteiger partial charge in [0.1, 0.15) is 16.7 Å². The van der Waals surface area contributed by atoms with Crippen LogP contribution in [-0.4, -0.2) is 10.1 Å². The van der Waals surface area contributed by atoms with E-state index in [0.29, 0.717) is 11.0 Å². The van der Waals surface area contributed by atoms with Gasteiger partial charge < -0.3 is 10.4 Å². The van der Waals surface area contributed by atoms with Crippen LogP contribution >= 0.6 is 11.6 Å². The number of halogens is 1. The quantitative estimate of drug-likeness (QED) is 0.824. The van der Waals surface area contributed by atoms with E-state index in [9.17, 15) is 5.11 Å². The molecule has 4 heteroatoms. The highest BCUT2D eigenvalue weighted by Gasteiger charge is 2.10. The summed E-state index contributed by atoms with van der Waals surface area (Å²) >= 11 is 5.83. The average molecular weight is 263 g/mol. The molecule has 0 aliphatic heterocycles. The van der Waals surface area contributed by atoms with Gasteiger partial charge in [-0.15, -0.1) is 0 Å². The molecule has 1 aromatic heterocycles. The van der Waals surface area contributed by atoms with Gasteiger partial charge in [-0.25, -0.2) is 4.98 Å². The molecule has 1 heterocycles. The van der Waals surface area contributed by atoms with E-state index in [0.717, 1.165) is 11.1 Å². The average Bonchev–Trinajstić information content (AvgIpc) is 2.28. The largest absolute Gasteiger partial charge is 0.508 e. The Kier molecular flexibility index (Phi) is 3.72. The molecular formula is C14H15ClN2O. The van der Waals surface area contributed by atoms with Crippen LogP contribution in [0.15, 0.2) is 36.4 Å². The Labute approximate surface area is 111 Å². The molecule has 0 aliphatic rings. The summed E-state index contributed by atoms with van der Waals surface area (Å²) in [6.45, 7) is 3.91. The molecule has 2 aromatic rings. The lowest BCUT2D eigenvalue weighted by molar-refractivity contribution is 0.465. The molecule has 0 fully saturated rings. The molecular weight excluding hydrogens is 248 g/mol. The van der Waals surface area contributed by atoms with Gasteiger partial charge in [0.15, 0.2) is 0 Å². The van der Waals surface area contributed by atoms with Crippen molar-refractivity contribution in [1.29, 1.82) is 0 Å². The van der Waals surface area contributed by atoms with Crippen molar-refractivity contribution in [2.45, 2.75) is 19.9 Å². The maximum absolute atomic E-state index is 9.91. The van der Waals surface area contributed by atoms with E-state index in [1.165, 1.54) is 0 Å². The standard InChI is InChI=1S/C14H15ClN2O/c1-9-6-7-11(12(18)8-9)10(2)16-14-5-3-4-13(15)17-14/h3-8,10,18H,1-2H3,(H,16,17). The van der Waals surface area contributed by atoms with Crippen molar-refractivity contribution in [1.82, 2.24) is 4.98 Å². The molecule has 0 saturated carbocycles. The fourth-order valence-electron chi connectivity index (χ4n) is 1.81. The molecule has 0 saturated heterocycles. The zero-order chi connectivity index (χ0) is 13.1. The van der Waals surface area contributed by atoms with Crippen LogP contribution < -0.4 is 5.32 Å². The number of anilines is 1. The van der Waals surface area contributed by atoms with Crippen molar-refractivity contribution in [2.24, 2.45) is 0 Å². The van der Waals surface area contributed by atoms with Gasteiger partial charge in [-0.3, -0.25) is 0 Å². The van der Waals surface area contributed by atoms with Gasteiger partial charge in [-0.2, -0.15) is 0 Å². The maximum Gasteiger partial charge on any atom is 0.131 e. The van der Waals surface area contributed by atoms with Gasteiger partial charge in [-0.1, -0.05) is 29.8 Å². The molecule has 1 unspecified atom stereocenters. The van der Waals surface area contributed by atoms with Gasteiger partial charge in [-0.05, 0) is 37.6 Å². The van der Waals surface area contributed by atoms with Gasteiger partial charge in [0.2, 0.25) is 0 Å². The number of benzene rings is 1. The monoisotopic (exact) mass is 262 g/mol. The SMILES string of the molecule is Cc1ccc(C(C)Nc2cccc(Cl)n2)c(O)c1. The maximum atomic E-state index is 9.91. The number of pyridine rings is 1. The minimum Gasteiger partial charge on any atom is -0.508 e. The number of rotatable bonds is 3. The first kappa shape index (κ1) is 12.7. The number of hydrogen-bond acceptors (Lipinski definition) is 3. The molecule has 2 N–H and O–H groups in total. The molecule has 0 spiro atoms. The van der Waals surface area contributed by atoms with Crippen molar-refractivity contribution >= 4 is 17.4 Å². The molecule has 94 valence electrons. The third kappa shape index (κ3) is 2.93. The fraction of sp³-hybridized carbons (Fsp3) is 0.214. The Morgan fingerprint density at radius 2 is 2.06 bits per heavy atom. The zero-order valence-corrected chi connectivity index (χ0v) is 11.1. The predicted octanol–water partition coefficient (Wildman–Crippen LogP) is 3.92. The van der Waals surface area contributed by atoms with Crippen LogP contribution in [0.25, 0.3) is 0 Å². The van der Waals surface area contributed by atoms with E-state index in [-0.39, 0.29) is 11.8 Å². The highest BCUT2D eigenvalue weighted by atomic mass is 35.5. The number of nitrogens with zero attached hydrogens (tertiary/aromatic N) is 1. The molecule has 18 heavy (non-hydrogen) atoms. The minimum atomic E-state index is -0.0448. The second-order valence-corrected chi connectivity index (χ2v) is 4.66. The lowest BCUT2D eigenvalue weighted by atomic mass is 10.1. The number of phenols is 1. The second-order valence-electron chi connectivity index (χ2n) is 4.27. The summed E-state index contributed by atoms with van der Waals surface area (Å²) in [7, 11) is 0. The van der Waals surface area contributed by atoms with Crippen LogP contribution in [0.5, 0.6) is 5.75 Å². The lowest BCUT2D eigenvalue weighted by Gasteiger charge is -2.16. The van der Waals surface area contributed by atoms with E-state index in [1.54, 1.807) is 12.1 Å². The van der Waals surface area contributed by atoms with Crippen molar-refractivity contribution in [3.05, 3.63) is 52.7 Å². The molecule has 1 aromatic carbocycles. The van der Waals surface area contributed by atoms with Crippen LogP contribution in [0.4, 0.5) is 5.82 Å². The first-order valence-corrected chi connectivity index (χ1v) is 6.12. The predicted molar refractivity (Wildman–Crippen MR) is 74.1 cm³/mol. The van der Waals surface area contributed by atoms with Crippen LogP contribution in [0.3, 0.4) is 0 Å². The van der Waals surface area contributed by atoms with E-state index < -0.39 is 0 Å². The number of aryl methyl sites for hydroxylation is 1. The highest BCUT2D eigenvalue weighted by Crippen LogP contribution is 2.27. The Morgan fingerprint density at radius 3 is 2.72 bits per heavy atom. The van der Waals surface area contributed by atoms with Crippen LogP contribution in [-0.2, 0) is 0 Å². The Hall–Kier alpha value is -1.74. The first-order chi connectivity index (χ1) is 8.56. The van der Waals surface area contributed by atoms with Gasteiger partial charge in [0.05, 0.1) is 6.04 Å². The van der Waals surface area contributed by atoms with Crippen molar-refractivity contribution < 1.29 is 5.11 Å². The number of hydrogen-bond donors (Lipinski definition) is 2. The van der Waals surface area contributed by atoms with E-state index >= 15 is 0 Å². The first-order valence-electron chi connectivity index (χ1n) is 5.75. The van der Waals surface area contributed by atoms with Crippen LogP contribution in [0.2, 0.25) is 5.15 Å². The van der Waals surface area contributed by atoms with Crippen LogP contribution in [0, 0.1) is 6.92 Å². The minimum absolute atomic E-state index is 0.0448. The highest BCUT2D eigenvalue weighted by molar-refractivity contribution is 6.29. The Balaban J connectivity index is 2.19. The Morgan fingerprint density at radius 1 is 1.28 bits per heavy atom. The Bertz CT molecular complexity index is 557. The summed E-state index contributed by atoms with van der Waals surface area (Å²) in [6, 6.07) is 11.0. The van der Waals surface area contributed by atoms with E-state index in [1.807, 2.05) is 38.1 Å². The summed E-state index contributed by atoms with van der Waals surface area (Å²) in [6.07, 6.45) is 0. The number of phenolic OH excluding ortho intramolecular Hbond substituents is 1. The third-order valence-corrected chi connectivity index (χ3v) is 2.94. The molecule has 2 rings (SSSR count). The van der Waals surface area contributed by atoms with Gasteiger partial charge in [0, 0.05) is 5.56 Å². The van der Waals surface area contributed by atoms with Crippen molar-refractivity contribution in [3.8, 4) is 5.75 Å². The number of nitrogens with one attached hydrogen (secondary N) is 1. The summed E-state index contributed by atoms with van der Waals surface area (Å²) in [5.74, 6) is 0.979. The molecule has 1 atom stereocenters. The van der Waals surface area contributed by atoms with Gasteiger partial charge in [0.25, 0.3) is 0 Å². The number of aromatic nitrogens is 1. The third-order valence-electron chi connectivity index (χ3n) is 2.73. The smallest absolute Gasteiger partial charge is 0.131 e. The molecule has 0 radical (unpaired) electrons. The molecule has 0 amide bonds. The topological polar surface area (TPSA) is 45.2 Å². The summed E-state index contributed by atoms with van der Waals surface area (Å²) in [4.78, 5) is 4.16. The summed E-state index contributed by atoms with van der Waals surface area (Å²) in [5.41, 5.74) is 1.87. The normalized spacial score (nSPS) is 12.2. The molecule has 3 nitrogen and oxygen atoms in total.